The third kappa shape index (κ3) is 4.84. The minimum atomic E-state index is -4.15. The Balaban J connectivity index is 2.58. The van der Waals surface area contributed by atoms with E-state index in [1.165, 1.54) is 4.90 Å². The molecule has 0 amide bonds. The van der Waals surface area contributed by atoms with E-state index in [0.29, 0.717) is 13.1 Å². The molecule has 0 atom stereocenters. The molecule has 0 radical (unpaired) electrons. The maximum Gasteiger partial charge on any atom is 0.401 e. The topological polar surface area (TPSA) is 23.5 Å². The number of aliphatic hydroxyl groups is 1. The van der Waals surface area contributed by atoms with Gasteiger partial charge in [-0.15, -0.1) is 0 Å². The smallest absolute Gasteiger partial charge is 0.396 e. The molecule has 1 aliphatic carbocycles. The normalized spacial score (nSPS) is 20.8. The quantitative estimate of drug-likeness (QED) is 0.814. The predicted octanol–water partition coefficient (Wildman–Crippen LogP) is 2.81. The van der Waals surface area contributed by atoms with E-state index in [0.717, 1.165) is 32.1 Å². The number of rotatable bonds is 5. The van der Waals surface area contributed by atoms with E-state index >= 15 is 0 Å². The highest BCUT2D eigenvalue weighted by atomic mass is 19.4. The van der Waals surface area contributed by atoms with Crippen LogP contribution in [0.3, 0.4) is 0 Å². The fourth-order valence-electron chi connectivity index (χ4n) is 2.68. The van der Waals surface area contributed by atoms with Crippen molar-refractivity contribution >= 4 is 0 Å². The summed E-state index contributed by atoms with van der Waals surface area (Å²) in [5.74, 6) is 0. The van der Waals surface area contributed by atoms with Gasteiger partial charge in [0.1, 0.15) is 0 Å². The summed E-state index contributed by atoms with van der Waals surface area (Å²) in [7, 11) is 0. The average Bonchev–Trinajstić information content (AvgIpc) is 2.27. The first kappa shape index (κ1) is 14.8. The first-order valence-electron chi connectivity index (χ1n) is 6.31. The SMILES string of the molecule is CCN(CC(F)(F)F)CC1(CO)CCCCC1. The molecule has 1 aliphatic rings. The van der Waals surface area contributed by atoms with Crippen molar-refractivity contribution in [1.29, 1.82) is 0 Å². The number of nitrogens with zero attached hydrogens (tertiary/aromatic N) is 1. The van der Waals surface area contributed by atoms with Crippen LogP contribution in [-0.2, 0) is 0 Å². The predicted molar refractivity (Wildman–Crippen MR) is 60.8 cm³/mol. The summed E-state index contributed by atoms with van der Waals surface area (Å²) in [6, 6.07) is 0. The van der Waals surface area contributed by atoms with Crippen molar-refractivity contribution in [2.75, 3.05) is 26.2 Å². The van der Waals surface area contributed by atoms with Gasteiger partial charge in [-0.1, -0.05) is 26.2 Å². The number of hydrogen-bond acceptors (Lipinski definition) is 2. The van der Waals surface area contributed by atoms with E-state index in [9.17, 15) is 18.3 Å². The van der Waals surface area contributed by atoms with Crippen LogP contribution >= 0.6 is 0 Å². The lowest BCUT2D eigenvalue weighted by molar-refractivity contribution is -0.150. The van der Waals surface area contributed by atoms with Gasteiger partial charge >= 0.3 is 6.18 Å². The second-order valence-corrected chi connectivity index (χ2v) is 5.14. The van der Waals surface area contributed by atoms with Crippen LogP contribution in [0.4, 0.5) is 13.2 Å². The Morgan fingerprint density at radius 3 is 2.18 bits per heavy atom. The van der Waals surface area contributed by atoms with Crippen LogP contribution in [0.25, 0.3) is 0 Å². The Morgan fingerprint density at radius 1 is 1.18 bits per heavy atom. The molecule has 102 valence electrons. The van der Waals surface area contributed by atoms with Crippen LogP contribution in [0, 0.1) is 5.41 Å². The van der Waals surface area contributed by atoms with E-state index in [2.05, 4.69) is 0 Å². The Labute approximate surface area is 101 Å². The van der Waals surface area contributed by atoms with E-state index in [1.807, 2.05) is 0 Å². The van der Waals surface area contributed by atoms with Crippen molar-refractivity contribution in [3.8, 4) is 0 Å². The van der Waals surface area contributed by atoms with Gasteiger partial charge in [0, 0.05) is 18.6 Å². The number of halogens is 3. The molecule has 17 heavy (non-hydrogen) atoms. The van der Waals surface area contributed by atoms with Crippen LogP contribution in [0.5, 0.6) is 0 Å². The number of hydrogen-bond donors (Lipinski definition) is 1. The fraction of sp³-hybridized carbons (Fsp3) is 1.00. The monoisotopic (exact) mass is 253 g/mol. The maximum atomic E-state index is 12.4. The first-order valence-corrected chi connectivity index (χ1v) is 6.31. The molecule has 0 aromatic heterocycles. The van der Waals surface area contributed by atoms with Crippen molar-refractivity contribution in [2.45, 2.75) is 45.2 Å². The Bertz CT molecular complexity index is 224. The molecular formula is C12H22F3NO. The van der Waals surface area contributed by atoms with Crippen LogP contribution in [0.2, 0.25) is 0 Å². The Hall–Kier alpha value is -0.290. The molecule has 0 saturated heterocycles. The van der Waals surface area contributed by atoms with Gasteiger partial charge in [0.05, 0.1) is 6.54 Å². The lowest BCUT2D eigenvalue weighted by Gasteiger charge is -2.39. The highest BCUT2D eigenvalue weighted by molar-refractivity contribution is 4.85. The summed E-state index contributed by atoms with van der Waals surface area (Å²) < 4.78 is 37.1. The Kier molecular flexibility index (Phi) is 5.25. The van der Waals surface area contributed by atoms with Crippen LogP contribution in [-0.4, -0.2) is 42.4 Å². The highest BCUT2D eigenvalue weighted by Crippen LogP contribution is 2.37. The van der Waals surface area contributed by atoms with Crippen LogP contribution < -0.4 is 0 Å². The summed E-state index contributed by atoms with van der Waals surface area (Å²) in [6.07, 6.45) is 0.707. The summed E-state index contributed by atoms with van der Waals surface area (Å²) in [5, 5.41) is 9.48. The third-order valence-corrected chi connectivity index (χ3v) is 3.66. The second kappa shape index (κ2) is 6.05. The van der Waals surface area contributed by atoms with Crippen molar-refractivity contribution in [3.63, 3.8) is 0 Å². The lowest BCUT2D eigenvalue weighted by Crippen LogP contribution is -2.45. The number of alkyl halides is 3. The zero-order chi connectivity index (χ0) is 12.9. The van der Waals surface area contributed by atoms with Crippen molar-refractivity contribution in [3.05, 3.63) is 0 Å². The molecule has 0 aromatic carbocycles. The second-order valence-electron chi connectivity index (χ2n) is 5.14. The molecule has 1 fully saturated rings. The van der Waals surface area contributed by atoms with Gasteiger partial charge in [0.2, 0.25) is 0 Å². The molecule has 1 saturated carbocycles. The van der Waals surface area contributed by atoms with E-state index < -0.39 is 12.7 Å². The van der Waals surface area contributed by atoms with Gasteiger partial charge in [-0.25, -0.2) is 0 Å². The minimum Gasteiger partial charge on any atom is -0.396 e. The maximum absolute atomic E-state index is 12.4. The summed E-state index contributed by atoms with van der Waals surface area (Å²) in [5.41, 5.74) is -0.306. The van der Waals surface area contributed by atoms with Crippen molar-refractivity contribution in [2.24, 2.45) is 5.41 Å². The Morgan fingerprint density at radius 2 is 1.76 bits per heavy atom. The molecule has 5 heteroatoms. The molecule has 0 spiro atoms. The molecule has 0 unspecified atom stereocenters. The largest absolute Gasteiger partial charge is 0.401 e. The molecule has 1 rings (SSSR count). The van der Waals surface area contributed by atoms with E-state index in [1.54, 1.807) is 6.92 Å². The summed E-state index contributed by atoms with van der Waals surface area (Å²) >= 11 is 0. The zero-order valence-electron chi connectivity index (χ0n) is 10.4. The van der Waals surface area contributed by atoms with Crippen molar-refractivity contribution in [1.82, 2.24) is 4.90 Å². The molecule has 0 aromatic rings. The first-order chi connectivity index (χ1) is 7.91. The van der Waals surface area contributed by atoms with Crippen molar-refractivity contribution < 1.29 is 18.3 Å². The van der Waals surface area contributed by atoms with Crippen LogP contribution in [0.15, 0.2) is 0 Å². The van der Waals surface area contributed by atoms with Gasteiger partial charge in [0.15, 0.2) is 0 Å². The fourth-order valence-corrected chi connectivity index (χ4v) is 2.68. The molecule has 1 N–H and O–H groups in total. The van der Waals surface area contributed by atoms with Gasteiger partial charge < -0.3 is 5.11 Å². The summed E-state index contributed by atoms with van der Waals surface area (Å²) in [6.45, 7) is 1.60. The molecule has 0 bridgehead atoms. The lowest BCUT2D eigenvalue weighted by atomic mass is 9.74. The summed E-state index contributed by atoms with van der Waals surface area (Å²) in [4.78, 5) is 1.40. The minimum absolute atomic E-state index is 0.00135. The number of aliphatic hydroxyl groups excluding tert-OH is 1. The average molecular weight is 253 g/mol. The third-order valence-electron chi connectivity index (χ3n) is 3.66. The van der Waals surface area contributed by atoms with E-state index in [4.69, 9.17) is 0 Å². The highest BCUT2D eigenvalue weighted by Gasteiger charge is 2.37. The van der Waals surface area contributed by atoms with Gasteiger partial charge in [-0.3, -0.25) is 4.90 Å². The van der Waals surface area contributed by atoms with Gasteiger partial charge in [-0.05, 0) is 19.4 Å². The molecule has 0 heterocycles. The van der Waals surface area contributed by atoms with Crippen LogP contribution in [0.1, 0.15) is 39.0 Å². The zero-order valence-corrected chi connectivity index (χ0v) is 10.4. The van der Waals surface area contributed by atoms with Gasteiger partial charge in [-0.2, -0.15) is 13.2 Å². The van der Waals surface area contributed by atoms with E-state index in [-0.39, 0.29) is 12.0 Å². The molecule has 0 aliphatic heterocycles. The van der Waals surface area contributed by atoms with Gasteiger partial charge in [0.25, 0.3) is 0 Å². The molecular weight excluding hydrogens is 231 g/mol. The standard InChI is InChI=1S/C12H22F3NO/c1-2-16(9-12(13,14)15)8-11(10-17)6-4-3-5-7-11/h17H,2-10H2,1H3. The molecule has 2 nitrogen and oxygen atoms in total.